The number of benzene rings is 2. The first-order valence-corrected chi connectivity index (χ1v) is 6.30. The summed E-state index contributed by atoms with van der Waals surface area (Å²) in [7, 11) is 0. The molecule has 0 bridgehead atoms. The largest absolute Gasteiger partial charge is 0.378 e. The van der Waals surface area contributed by atoms with E-state index in [1.54, 1.807) is 0 Å². The average Bonchev–Trinajstić information content (AvgIpc) is 2.30. The molecule has 0 saturated carbocycles. The van der Waals surface area contributed by atoms with Gasteiger partial charge in [0.05, 0.1) is 5.69 Å². The molecule has 0 aromatic heterocycles. The summed E-state index contributed by atoms with van der Waals surface area (Å²) in [6.45, 7) is 2.49. The van der Waals surface area contributed by atoms with E-state index in [9.17, 15) is 8.78 Å². The molecular weight excluding hydrogens is 300 g/mol. The van der Waals surface area contributed by atoms with Gasteiger partial charge in [-0.1, -0.05) is 24.3 Å². The normalized spacial score (nSPS) is 10.4. The summed E-state index contributed by atoms with van der Waals surface area (Å²) < 4.78 is 26.9. The van der Waals surface area contributed by atoms with Crippen LogP contribution < -0.4 is 5.32 Å². The Morgan fingerprint density at radius 3 is 2.56 bits per heavy atom. The zero-order valence-corrected chi connectivity index (χ0v) is 11.4. The van der Waals surface area contributed by atoms with Gasteiger partial charge >= 0.3 is 0 Å². The van der Waals surface area contributed by atoms with Gasteiger partial charge in [-0.2, -0.15) is 0 Å². The number of hydrogen-bond acceptors (Lipinski definition) is 1. The fourth-order valence-corrected chi connectivity index (χ4v) is 2.25. The molecule has 0 unspecified atom stereocenters. The van der Waals surface area contributed by atoms with Crippen LogP contribution >= 0.6 is 15.9 Å². The highest BCUT2D eigenvalue weighted by Gasteiger charge is 2.09. The third-order valence-corrected chi connectivity index (χ3v) is 3.35. The number of halogens is 3. The van der Waals surface area contributed by atoms with Crippen molar-refractivity contribution in [1.29, 1.82) is 0 Å². The molecule has 2 aromatic rings. The zero-order chi connectivity index (χ0) is 13.1. The Hall–Kier alpha value is -1.42. The molecule has 4 heteroatoms. The Morgan fingerprint density at radius 1 is 1.17 bits per heavy atom. The second-order valence-electron chi connectivity index (χ2n) is 4.02. The number of nitrogens with one attached hydrogen (secondary N) is 1. The van der Waals surface area contributed by atoms with Crippen molar-refractivity contribution in [3.8, 4) is 0 Å². The van der Waals surface area contributed by atoms with Crippen LogP contribution in [0, 0.1) is 18.6 Å². The van der Waals surface area contributed by atoms with Crippen molar-refractivity contribution in [2.45, 2.75) is 13.5 Å². The lowest BCUT2D eigenvalue weighted by Gasteiger charge is -2.11. The second-order valence-corrected chi connectivity index (χ2v) is 4.88. The van der Waals surface area contributed by atoms with Crippen LogP contribution in [0.3, 0.4) is 0 Å². The molecule has 0 radical (unpaired) electrons. The first-order valence-electron chi connectivity index (χ1n) is 5.51. The molecule has 0 saturated heterocycles. The van der Waals surface area contributed by atoms with E-state index in [4.69, 9.17) is 0 Å². The van der Waals surface area contributed by atoms with Crippen molar-refractivity contribution < 1.29 is 8.78 Å². The molecular formula is C14H12BrF2N. The number of anilines is 1. The summed E-state index contributed by atoms with van der Waals surface area (Å²) in [5, 5.41) is 2.98. The van der Waals surface area contributed by atoms with Crippen molar-refractivity contribution in [2.24, 2.45) is 0 Å². The summed E-state index contributed by atoms with van der Waals surface area (Å²) in [6.07, 6.45) is 0. The average molecular weight is 312 g/mol. The minimum absolute atomic E-state index is 0.277. The smallest absolute Gasteiger partial charge is 0.150 e. The highest BCUT2D eigenvalue weighted by molar-refractivity contribution is 9.10. The Morgan fingerprint density at radius 2 is 1.89 bits per heavy atom. The van der Waals surface area contributed by atoms with E-state index in [0.717, 1.165) is 17.2 Å². The summed E-state index contributed by atoms with van der Waals surface area (Å²) in [4.78, 5) is 0. The van der Waals surface area contributed by atoms with Gasteiger partial charge < -0.3 is 5.32 Å². The van der Waals surface area contributed by atoms with E-state index in [1.807, 2.05) is 31.2 Å². The van der Waals surface area contributed by atoms with Crippen LogP contribution in [0.4, 0.5) is 14.5 Å². The molecule has 0 aliphatic carbocycles. The first kappa shape index (κ1) is 13.0. The molecule has 94 valence electrons. The predicted octanol–water partition coefficient (Wildman–Crippen LogP) is 4.65. The van der Waals surface area contributed by atoms with Crippen molar-refractivity contribution in [3.05, 3.63) is 63.6 Å². The van der Waals surface area contributed by atoms with E-state index in [0.29, 0.717) is 11.0 Å². The molecule has 0 heterocycles. The third-order valence-electron chi connectivity index (χ3n) is 2.72. The SMILES string of the molecule is Cc1ccccc1CNc1c(F)cc(F)cc1Br. The molecule has 0 aliphatic rings. The number of rotatable bonds is 3. The fraction of sp³-hybridized carbons (Fsp3) is 0.143. The molecule has 0 fully saturated rings. The lowest BCUT2D eigenvalue weighted by Crippen LogP contribution is -2.04. The lowest BCUT2D eigenvalue weighted by molar-refractivity contribution is 0.583. The monoisotopic (exact) mass is 311 g/mol. The fourth-order valence-electron chi connectivity index (χ4n) is 1.70. The summed E-state index contributed by atoms with van der Waals surface area (Å²) >= 11 is 3.15. The van der Waals surface area contributed by atoms with Crippen LogP contribution in [-0.2, 0) is 6.54 Å². The van der Waals surface area contributed by atoms with Crippen LogP contribution in [-0.4, -0.2) is 0 Å². The van der Waals surface area contributed by atoms with Crippen molar-refractivity contribution in [3.63, 3.8) is 0 Å². The highest BCUT2D eigenvalue weighted by atomic mass is 79.9. The minimum Gasteiger partial charge on any atom is -0.378 e. The van der Waals surface area contributed by atoms with Crippen molar-refractivity contribution >= 4 is 21.6 Å². The van der Waals surface area contributed by atoms with Crippen LogP contribution in [0.1, 0.15) is 11.1 Å². The van der Waals surface area contributed by atoms with Crippen molar-refractivity contribution in [1.82, 2.24) is 0 Å². The molecule has 2 aromatic carbocycles. The van der Waals surface area contributed by atoms with Gasteiger partial charge in [0.25, 0.3) is 0 Å². The Kier molecular flexibility index (Phi) is 3.97. The van der Waals surface area contributed by atoms with Crippen molar-refractivity contribution in [2.75, 3.05) is 5.32 Å². The lowest BCUT2D eigenvalue weighted by atomic mass is 10.1. The van der Waals surface area contributed by atoms with E-state index in [-0.39, 0.29) is 5.69 Å². The highest BCUT2D eigenvalue weighted by Crippen LogP contribution is 2.27. The second kappa shape index (κ2) is 5.48. The molecule has 1 nitrogen and oxygen atoms in total. The van der Waals surface area contributed by atoms with Gasteiger partial charge in [0.15, 0.2) is 0 Å². The van der Waals surface area contributed by atoms with Crippen LogP contribution in [0.15, 0.2) is 40.9 Å². The van der Waals surface area contributed by atoms with E-state index >= 15 is 0 Å². The van der Waals surface area contributed by atoms with Gasteiger partial charge in [-0.15, -0.1) is 0 Å². The number of hydrogen-bond donors (Lipinski definition) is 1. The maximum atomic E-state index is 13.6. The summed E-state index contributed by atoms with van der Waals surface area (Å²) in [5.41, 5.74) is 2.48. The minimum atomic E-state index is -0.601. The summed E-state index contributed by atoms with van der Waals surface area (Å²) in [5.74, 6) is -1.20. The molecule has 18 heavy (non-hydrogen) atoms. The molecule has 0 amide bonds. The quantitative estimate of drug-likeness (QED) is 0.870. The van der Waals surface area contributed by atoms with Gasteiger partial charge in [0.2, 0.25) is 0 Å². The van der Waals surface area contributed by atoms with Crippen LogP contribution in [0.2, 0.25) is 0 Å². The zero-order valence-electron chi connectivity index (χ0n) is 9.81. The maximum Gasteiger partial charge on any atom is 0.150 e. The maximum absolute atomic E-state index is 13.6. The van der Waals surface area contributed by atoms with Gasteiger partial charge in [-0.3, -0.25) is 0 Å². The Labute approximate surface area is 113 Å². The van der Waals surface area contributed by atoms with E-state index < -0.39 is 11.6 Å². The molecule has 1 N–H and O–H groups in total. The van der Waals surface area contributed by atoms with Crippen LogP contribution in [0.25, 0.3) is 0 Å². The summed E-state index contributed by atoms with van der Waals surface area (Å²) in [6, 6.07) is 9.95. The Balaban J connectivity index is 2.19. The van der Waals surface area contributed by atoms with Crippen LogP contribution in [0.5, 0.6) is 0 Å². The van der Waals surface area contributed by atoms with E-state index in [2.05, 4.69) is 21.2 Å². The number of aryl methyl sites for hydroxylation is 1. The molecule has 0 spiro atoms. The van der Waals surface area contributed by atoms with Gasteiger partial charge in [0, 0.05) is 17.1 Å². The molecule has 0 atom stereocenters. The Bertz CT molecular complexity index is 546. The van der Waals surface area contributed by atoms with E-state index in [1.165, 1.54) is 6.07 Å². The predicted molar refractivity (Wildman–Crippen MR) is 72.6 cm³/mol. The molecule has 2 rings (SSSR count). The first-order chi connectivity index (χ1) is 8.58. The topological polar surface area (TPSA) is 12.0 Å². The molecule has 0 aliphatic heterocycles. The van der Waals surface area contributed by atoms with Gasteiger partial charge in [0.1, 0.15) is 11.6 Å². The standard InChI is InChI=1S/C14H12BrF2N/c1-9-4-2-3-5-10(9)8-18-14-12(15)6-11(16)7-13(14)17/h2-7,18H,8H2,1H3. The van der Waals surface area contributed by atoms with Gasteiger partial charge in [-0.25, -0.2) is 8.78 Å². The van der Waals surface area contributed by atoms with Gasteiger partial charge in [-0.05, 0) is 40.0 Å². The third kappa shape index (κ3) is 2.88.